The molecule has 0 aliphatic carbocycles. The lowest BCUT2D eigenvalue weighted by Gasteiger charge is -2.33. The van der Waals surface area contributed by atoms with Crippen LogP contribution in [0.15, 0.2) is 36.5 Å². The first-order valence-electron chi connectivity index (χ1n) is 11.7. The number of nitrogens with two attached hydrogens (primary N) is 1. The van der Waals surface area contributed by atoms with Crippen LogP contribution in [0.2, 0.25) is 0 Å². The zero-order valence-corrected chi connectivity index (χ0v) is 20.3. The molecule has 0 bridgehead atoms. The topological polar surface area (TPSA) is 204 Å². The second-order valence-electron chi connectivity index (χ2n) is 8.67. The number of fused-ring (bicyclic) bond motifs is 1. The number of urea groups is 1. The third kappa shape index (κ3) is 5.22. The summed E-state index contributed by atoms with van der Waals surface area (Å²) in [6, 6.07) is 4.91. The zero-order chi connectivity index (χ0) is 27.6. The summed E-state index contributed by atoms with van der Waals surface area (Å²) in [6.07, 6.45) is 1.31. The molecule has 1 fully saturated rings. The van der Waals surface area contributed by atoms with E-state index >= 15 is 0 Å². The molecule has 14 nitrogen and oxygen atoms in total. The number of rotatable bonds is 6. The largest absolute Gasteiger partial charge is 0.547 e. The summed E-state index contributed by atoms with van der Waals surface area (Å²) in [4.78, 5) is 68.6. The van der Waals surface area contributed by atoms with E-state index in [0.717, 1.165) is 0 Å². The van der Waals surface area contributed by atoms with E-state index < -0.39 is 48.8 Å². The van der Waals surface area contributed by atoms with Crippen molar-refractivity contribution in [1.29, 1.82) is 0 Å². The Morgan fingerprint density at radius 3 is 2.63 bits per heavy atom. The highest BCUT2D eigenvalue weighted by molar-refractivity contribution is 6.47. The number of nitrogens with one attached hydrogen (secondary N) is 2. The van der Waals surface area contributed by atoms with Crippen LogP contribution >= 0.6 is 0 Å². The van der Waals surface area contributed by atoms with Crippen molar-refractivity contribution in [2.45, 2.75) is 25.3 Å². The van der Waals surface area contributed by atoms with Crippen LogP contribution in [0.4, 0.5) is 10.5 Å². The number of nitrogen functional groups attached to an aromatic ring is 1. The van der Waals surface area contributed by atoms with Gasteiger partial charge in [0.25, 0.3) is 0 Å². The molecule has 5 amide bonds. The molecule has 2 aliphatic rings. The average molecular weight is 524 g/mol. The highest BCUT2D eigenvalue weighted by Crippen LogP contribution is 2.30. The van der Waals surface area contributed by atoms with Gasteiger partial charge in [-0.2, -0.15) is 0 Å². The van der Waals surface area contributed by atoms with Crippen molar-refractivity contribution in [2.75, 3.05) is 25.4 Å². The Hall–Kier alpha value is -4.66. The molecule has 1 saturated heterocycles. The number of benzene rings is 1. The number of piperazine rings is 1. The Morgan fingerprint density at radius 1 is 1.21 bits per heavy atom. The van der Waals surface area contributed by atoms with Gasteiger partial charge in [0.2, 0.25) is 5.91 Å². The predicted octanol–water partition coefficient (Wildman–Crippen LogP) is -1.06. The van der Waals surface area contributed by atoms with Gasteiger partial charge in [0, 0.05) is 19.6 Å². The van der Waals surface area contributed by atoms with Crippen molar-refractivity contribution < 1.29 is 38.8 Å². The minimum atomic E-state index is -1.59. The summed E-state index contributed by atoms with van der Waals surface area (Å²) in [5.41, 5.74) is 6.39. The lowest BCUT2D eigenvalue weighted by molar-refractivity contribution is -0.153. The number of amides is 5. The standard InChI is InChI=1S/C23H25BN6O8/c1-2-29-8-9-30(21(33)20(29)32)23(36)28-17(15-7-6-13(25)11-26-15)19(31)27-16-10-12-4-3-5-14(22(34)35)18(12)38-24(16)37/h3-7,11,16-17,37H,2,8-10,25H2,1H3,(H,27,31)(H,28,36)(H,34,35)/t16-,17?/m0/s1. The van der Waals surface area contributed by atoms with Gasteiger partial charge in [-0.1, -0.05) is 12.1 Å². The maximum atomic E-state index is 13.4. The van der Waals surface area contributed by atoms with Crippen molar-refractivity contribution >= 4 is 42.5 Å². The van der Waals surface area contributed by atoms with Crippen molar-refractivity contribution in [3.8, 4) is 5.75 Å². The zero-order valence-electron chi connectivity index (χ0n) is 20.3. The van der Waals surface area contributed by atoms with Gasteiger partial charge in [0.1, 0.15) is 5.75 Å². The van der Waals surface area contributed by atoms with E-state index in [1.54, 1.807) is 13.0 Å². The van der Waals surface area contributed by atoms with E-state index in [0.29, 0.717) is 22.7 Å². The number of hydrogen-bond donors (Lipinski definition) is 5. The first-order chi connectivity index (χ1) is 18.1. The number of carboxylic acids is 1. The number of carboxylic acid groups (broad SMARTS) is 1. The summed E-state index contributed by atoms with van der Waals surface area (Å²) in [5, 5.41) is 24.9. The Kier molecular flexibility index (Phi) is 7.48. The van der Waals surface area contributed by atoms with Crippen LogP contribution in [0.25, 0.3) is 0 Å². The molecule has 0 saturated carbocycles. The van der Waals surface area contributed by atoms with Crippen molar-refractivity contribution in [1.82, 2.24) is 25.4 Å². The number of imide groups is 1. The molecule has 1 aromatic carbocycles. The third-order valence-electron chi connectivity index (χ3n) is 6.25. The fourth-order valence-corrected chi connectivity index (χ4v) is 4.21. The smallest absolute Gasteiger partial charge is 0.534 e. The highest BCUT2D eigenvalue weighted by atomic mass is 16.5. The van der Waals surface area contributed by atoms with Crippen LogP contribution < -0.4 is 21.0 Å². The number of carbonyl (C=O) groups is 5. The first kappa shape index (κ1) is 26.4. The number of hydrogen-bond acceptors (Lipinski definition) is 9. The van der Waals surface area contributed by atoms with Gasteiger partial charge < -0.3 is 36.1 Å². The molecule has 3 heterocycles. The van der Waals surface area contributed by atoms with Gasteiger partial charge >= 0.3 is 30.9 Å². The molecule has 0 radical (unpaired) electrons. The molecule has 1 aromatic heterocycles. The van der Waals surface area contributed by atoms with Gasteiger partial charge in [0.05, 0.1) is 29.1 Å². The molecule has 1 unspecified atom stereocenters. The summed E-state index contributed by atoms with van der Waals surface area (Å²) < 4.78 is 5.41. The maximum absolute atomic E-state index is 13.4. The van der Waals surface area contributed by atoms with Gasteiger partial charge in [-0.05, 0) is 37.1 Å². The lowest BCUT2D eigenvalue weighted by Crippen LogP contribution is -2.60. The van der Waals surface area contributed by atoms with Crippen molar-refractivity contribution in [3.05, 3.63) is 53.3 Å². The molecule has 2 aliphatic heterocycles. The monoisotopic (exact) mass is 524 g/mol. The van der Waals surface area contributed by atoms with Crippen molar-refractivity contribution in [2.24, 2.45) is 0 Å². The van der Waals surface area contributed by atoms with Gasteiger partial charge in [-0.15, -0.1) is 0 Å². The summed E-state index contributed by atoms with van der Waals surface area (Å²) >= 11 is 0. The molecule has 4 rings (SSSR count). The number of likely N-dealkylation sites (N-methyl/N-ethyl adjacent to an activating group) is 1. The Balaban J connectivity index is 1.54. The van der Waals surface area contributed by atoms with E-state index in [1.165, 1.54) is 35.4 Å². The molecule has 6 N–H and O–H groups in total. The number of para-hydroxylation sites is 1. The molecular formula is C23H25BN6O8. The van der Waals surface area contributed by atoms with E-state index in [-0.39, 0.29) is 36.5 Å². The summed E-state index contributed by atoms with van der Waals surface area (Å²) in [5.74, 6) is -4.90. The molecule has 0 spiro atoms. The lowest BCUT2D eigenvalue weighted by atomic mass is 9.72. The maximum Gasteiger partial charge on any atom is 0.547 e. The normalized spacial score (nSPS) is 17.8. The first-order valence-corrected chi connectivity index (χ1v) is 11.7. The van der Waals surface area contributed by atoms with Crippen LogP contribution in [0.5, 0.6) is 5.75 Å². The molecule has 198 valence electrons. The van der Waals surface area contributed by atoms with Gasteiger partial charge in [0.15, 0.2) is 6.04 Å². The van der Waals surface area contributed by atoms with Gasteiger partial charge in [-0.25, -0.2) is 9.59 Å². The number of pyridine rings is 1. The minimum Gasteiger partial charge on any atom is -0.534 e. The summed E-state index contributed by atoms with van der Waals surface area (Å²) in [6.45, 7) is 2.10. The van der Waals surface area contributed by atoms with E-state index in [2.05, 4.69) is 15.6 Å². The molecule has 38 heavy (non-hydrogen) atoms. The van der Waals surface area contributed by atoms with E-state index in [9.17, 15) is 34.1 Å². The van der Waals surface area contributed by atoms with Crippen LogP contribution in [-0.4, -0.2) is 87.3 Å². The Bertz CT molecular complexity index is 1290. The Morgan fingerprint density at radius 2 is 1.97 bits per heavy atom. The number of anilines is 1. The van der Waals surface area contributed by atoms with Crippen LogP contribution in [0.1, 0.15) is 34.6 Å². The minimum absolute atomic E-state index is 0.00236. The molecule has 2 atom stereocenters. The second-order valence-corrected chi connectivity index (χ2v) is 8.67. The third-order valence-corrected chi connectivity index (χ3v) is 6.25. The van der Waals surface area contributed by atoms with Crippen LogP contribution in [0, 0.1) is 0 Å². The molecular weight excluding hydrogens is 499 g/mol. The van der Waals surface area contributed by atoms with E-state index in [1.807, 2.05) is 0 Å². The number of aromatic nitrogens is 1. The highest BCUT2D eigenvalue weighted by Gasteiger charge is 2.41. The Labute approximate surface area is 216 Å². The fourth-order valence-electron chi connectivity index (χ4n) is 4.21. The fraction of sp³-hybridized carbons (Fsp3) is 0.304. The van der Waals surface area contributed by atoms with E-state index in [4.69, 9.17) is 10.4 Å². The molecule has 2 aromatic rings. The quantitative estimate of drug-likeness (QED) is 0.229. The molecule has 15 heteroatoms. The van der Waals surface area contributed by atoms with Crippen molar-refractivity contribution in [3.63, 3.8) is 0 Å². The number of aromatic carboxylic acids is 1. The number of nitrogens with zero attached hydrogens (tertiary/aromatic N) is 3. The average Bonchev–Trinajstić information content (AvgIpc) is 2.89. The predicted molar refractivity (Wildman–Crippen MR) is 132 cm³/mol. The second kappa shape index (κ2) is 10.8. The summed E-state index contributed by atoms with van der Waals surface area (Å²) in [7, 11) is -1.59. The SMILES string of the molecule is CCN1CCN(C(=O)NC(C(=O)N[C@H]2Cc3cccc(C(=O)O)c3OB2O)c2ccc(N)cn2)C(=O)C1=O. The van der Waals surface area contributed by atoms with Gasteiger partial charge in [-0.3, -0.25) is 24.3 Å². The van der Waals surface area contributed by atoms with Crippen LogP contribution in [0.3, 0.4) is 0 Å². The number of carbonyl (C=O) groups excluding carboxylic acids is 4. The van der Waals surface area contributed by atoms with Crippen LogP contribution in [-0.2, 0) is 20.8 Å².